The molecule has 1 heterocycles. The number of amides is 1. The minimum atomic E-state index is -0.719. The van der Waals surface area contributed by atoms with Gasteiger partial charge in [0.2, 0.25) is 0 Å². The van der Waals surface area contributed by atoms with Crippen LogP contribution in [0.2, 0.25) is 0 Å². The summed E-state index contributed by atoms with van der Waals surface area (Å²) in [6.07, 6.45) is 9.99. The number of nitriles is 1. The molecule has 0 bridgehead atoms. The van der Waals surface area contributed by atoms with E-state index in [4.69, 9.17) is 0 Å². The normalized spacial score (nSPS) is 18.4. The van der Waals surface area contributed by atoms with Crippen LogP contribution in [-0.2, 0) is 0 Å². The van der Waals surface area contributed by atoms with E-state index in [1.54, 1.807) is 0 Å². The smallest absolute Gasteiger partial charge is 0.255 e. The van der Waals surface area contributed by atoms with E-state index in [1.165, 1.54) is 18.7 Å². The third-order valence-electron chi connectivity index (χ3n) is 3.35. The minimum absolute atomic E-state index is 0.265. The lowest BCUT2D eigenvalue weighted by Gasteiger charge is -2.26. The van der Waals surface area contributed by atoms with Crippen LogP contribution in [0.25, 0.3) is 0 Å². The molecule has 0 aromatic carbocycles. The van der Waals surface area contributed by atoms with Crippen molar-refractivity contribution in [3.05, 3.63) is 24.3 Å². The Morgan fingerprint density at radius 2 is 1.83 bits per heavy atom. The molecule has 1 fully saturated rings. The first-order valence-corrected chi connectivity index (χ1v) is 6.24. The van der Waals surface area contributed by atoms with Gasteiger partial charge in [-0.15, -0.1) is 0 Å². The largest absolute Gasteiger partial charge is 0.334 e. The molecule has 5 heteroatoms. The SMILES string of the molecule is N#CC1(NC(=O)c2cncnc2)CCCCCC1. The lowest BCUT2D eigenvalue weighted by molar-refractivity contribution is 0.0912. The van der Waals surface area contributed by atoms with E-state index in [0.717, 1.165) is 38.5 Å². The van der Waals surface area contributed by atoms with Gasteiger partial charge in [0.05, 0.1) is 11.6 Å². The van der Waals surface area contributed by atoms with E-state index in [0.29, 0.717) is 5.56 Å². The summed E-state index contributed by atoms with van der Waals surface area (Å²) < 4.78 is 0. The van der Waals surface area contributed by atoms with Crippen LogP contribution in [0.1, 0.15) is 48.9 Å². The zero-order valence-corrected chi connectivity index (χ0v) is 10.2. The molecular weight excluding hydrogens is 228 g/mol. The number of hydrogen-bond donors (Lipinski definition) is 1. The monoisotopic (exact) mass is 244 g/mol. The highest BCUT2D eigenvalue weighted by Gasteiger charge is 2.32. The number of rotatable bonds is 2. The van der Waals surface area contributed by atoms with Crippen LogP contribution in [0.5, 0.6) is 0 Å². The van der Waals surface area contributed by atoms with E-state index >= 15 is 0 Å². The van der Waals surface area contributed by atoms with Crippen LogP contribution in [0.15, 0.2) is 18.7 Å². The van der Waals surface area contributed by atoms with Crippen molar-refractivity contribution in [1.29, 1.82) is 5.26 Å². The Labute approximate surface area is 106 Å². The summed E-state index contributed by atoms with van der Waals surface area (Å²) >= 11 is 0. The van der Waals surface area contributed by atoms with Gasteiger partial charge in [-0.1, -0.05) is 25.7 Å². The number of aromatic nitrogens is 2. The highest BCUT2D eigenvalue weighted by molar-refractivity contribution is 5.94. The molecule has 1 aromatic heterocycles. The van der Waals surface area contributed by atoms with Gasteiger partial charge in [-0.2, -0.15) is 5.26 Å². The lowest BCUT2D eigenvalue weighted by atomic mass is 9.91. The van der Waals surface area contributed by atoms with Gasteiger partial charge in [0, 0.05) is 12.4 Å². The number of carbonyl (C=O) groups is 1. The van der Waals surface area contributed by atoms with Gasteiger partial charge >= 0.3 is 0 Å². The standard InChI is InChI=1S/C13H16N4O/c14-9-13(5-3-1-2-4-6-13)17-12(18)11-7-15-10-16-8-11/h7-8,10H,1-6H2,(H,17,18). The molecule has 2 rings (SSSR count). The molecule has 0 radical (unpaired) electrons. The molecule has 1 N–H and O–H groups in total. The van der Waals surface area contributed by atoms with Crippen LogP contribution in [0.3, 0.4) is 0 Å². The fourth-order valence-electron chi connectivity index (χ4n) is 2.30. The molecule has 1 aliphatic carbocycles. The first-order valence-electron chi connectivity index (χ1n) is 6.24. The summed E-state index contributed by atoms with van der Waals surface area (Å²) in [5, 5.41) is 12.2. The van der Waals surface area contributed by atoms with Gasteiger partial charge in [0.25, 0.3) is 5.91 Å². The van der Waals surface area contributed by atoms with Gasteiger partial charge in [-0.3, -0.25) is 4.79 Å². The Balaban J connectivity index is 2.11. The molecule has 0 spiro atoms. The Bertz CT molecular complexity index is 444. The van der Waals surface area contributed by atoms with Gasteiger partial charge in [0.15, 0.2) is 0 Å². The predicted molar refractivity (Wildman–Crippen MR) is 65.5 cm³/mol. The van der Waals surface area contributed by atoms with Crippen LogP contribution in [-0.4, -0.2) is 21.4 Å². The Morgan fingerprint density at radius 1 is 1.22 bits per heavy atom. The van der Waals surface area contributed by atoms with Gasteiger partial charge in [-0.05, 0) is 12.8 Å². The molecule has 18 heavy (non-hydrogen) atoms. The number of hydrogen-bond acceptors (Lipinski definition) is 4. The summed E-state index contributed by atoms with van der Waals surface area (Å²) in [6, 6.07) is 2.29. The average Bonchev–Trinajstić information content (AvgIpc) is 2.66. The number of nitrogens with zero attached hydrogens (tertiary/aromatic N) is 3. The fraction of sp³-hybridized carbons (Fsp3) is 0.538. The molecule has 0 unspecified atom stereocenters. The van der Waals surface area contributed by atoms with E-state index in [1.807, 2.05) is 0 Å². The summed E-state index contributed by atoms with van der Waals surface area (Å²) in [5.41, 5.74) is -0.319. The summed E-state index contributed by atoms with van der Waals surface area (Å²) in [4.78, 5) is 19.7. The highest BCUT2D eigenvalue weighted by atomic mass is 16.1. The van der Waals surface area contributed by atoms with Crippen molar-refractivity contribution in [1.82, 2.24) is 15.3 Å². The molecule has 5 nitrogen and oxygen atoms in total. The Hall–Kier alpha value is -1.96. The second-order valence-corrected chi connectivity index (χ2v) is 4.69. The Morgan fingerprint density at radius 3 is 2.39 bits per heavy atom. The molecule has 1 aliphatic rings. The van der Waals surface area contributed by atoms with Crippen molar-refractivity contribution >= 4 is 5.91 Å². The van der Waals surface area contributed by atoms with E-state index in [2.05, 4.69) is 21.4 Å². The quantitative estimate of drug-likeness (QED) is 0.805. The molecule has 1 saturated carbocycles. The molecule has 0 atom stereocenters. The maximum atomic E-state index is 12.0. The minimum Gasteiger partial charge on any atom is -0.334 e. The van der Waals surface area contributed by atoms with E-state index < -0.39 is 5.54 Å². The van der Waals surface area contributed by atoms with Gasteiger partial charge in [-0.25, -0.2) is 9.97 Å². The maximum Gasteiger partial charge on any atom is 0.255 e. The van der Waals surface area contributed by atoms with Crippen LogP contribution in [0, 0.1) is 11.3 Å². The summed E-state index contributed by atoms with van der Waals surface area (Å²) in [7, 11) is 0. The lowest BCUT2D eigenvalue weighted by Crippen LogP contribution is -2.47. The second kappa shape index (κ2) is 5.58. The van der Waals surface area contributed by atoms with Crippen molar-refractivity contribution in [2.75, 3.05) is 0 Å². The second-order valence-electron chi connectivity index (χ2n) is 4.69. The first kappa shape index (κ1) is 12.5. The molecule has 0 aliphatic heterocycles. The zero-order chi connectivity index (χ0) is 12.8. The van der Waals surface area contributed by atoms with Gasteiger partial charge in [0.1, 0.15) is 11.9 Å². The predicted octanol–water partition coefficient (Wildman–Crippen LogP) is 1.82. The third kappa shape index (κ3) is 2.83. The summed E-state index contributed by atoms with van der Waals surface area (Å²) in [5.74, 6) is -0.265. The van der Waals surface area contributed by atoms with Crippen molar-refractivity contribution < 1.29 is 4.79 Å². The molecule has 1 amide bonds. The highest BCUT2D eigenvalue weighted by Crippen LogP contribution is 2.26. The van der Waals surface area contributed by atoms with Crippen LogP contribution >= 0.6 is 0 Å². The summed E-state index contributed by atoms with van der Waals surface area (Å²) in [6.45, 7) is 0. The average molecular weight is 244 g/mol. The van der Waals surface area contributed by atoms with Crippen molar-refractivity contribution in [2.45, 2.75) is 44.1 Å². The van der Waals surface area contributed by atoms with Crippen molar-refractivity contribution in [3.8, 4) is 6.07 Å². The van der Waals surface area contributed by atoms with Crippen molar-refractivity contribution in [3.63, 3.8) is 0 Å². The van der Waals surface area contributed by atoms with Crippen molar-refractivity contribution in [2.24, 2.45) is 0 Å². The fourth-order valence-corrected chi connectivity index (χ4v) is 2.30. The number of carbonyl (C=O) groups excluding carboxylic acids is 1. The third-order valence-corrected chi connectivity index (χ3v) is 3.35. The topological polar surface area (TPSA) is 78.7 Å². The zero-order valence-electron chi connectivity index (χ0n) is 10.2. The van der Waals surface area contributed by atoms with Crippen LogP contribution in [0.4, 0.5) is 0 Å². The first-order chi connectivity index (χ1) is 8.76. The number of nitrogens with one attached hydrogen (secondary N) is 1. The van der Waals surface area contributed by atoms with Crippen LogP contribution < -0.4 is 5.32 Å². The molecule has 94 valence electrons. The molecule has 1 aromatic rings. The van der Waals surface area contributed by atoms with Gasteiger partial charge < -0.3 is 5.32 Å². The Kier molecular flexibility index (Phi) is 3.88. The maximum absolute atomic E-state index is 12.0. The molecule has 0 saturated heterocycles. The van der Waals surface area contributed by atoms with E-state index in [9.17, 15) is 10.1 Å². The molecular formula is C13H16N4O. The van der Waals surface area contributed by atoms with E-state index in [-0.39, 0.29) is 5.91 Å².